The second-order valence-electron chi connectivity index (χ2n) is 4.72. The van der Waals surface area contributed by atoms with Gasteiger partial charge in [0.2, 0.25) is 0 Å². The van der Waals surface area contributed by atoms with Crippen molar-refractivity contribution in [2.24, 2.45) is 0 Å². The van der Waals surface area contributed by atoms with Gasteiger partial charge in [-0.3, -0.25) is 5.32 Å². The molecule has 0 unspecified atom stereocenters. The van der Waals surface area contributed by atoms with Crippen molar-refractivity contribution in [2.75, 3.05) is 5.32 Å². The van der Waals surface area contributed by atoms with Crippen LogP contribution in [0.15, 0.2) is 17.0 Å². The molecule has 0 bridgehead atoms. The molecule has 96 valence electrons. The fraction of sp³-hybridized carbons (Fsp3) is 0.364. The van der Waals surface area contributed by atoms with Gasteiger partial charge in [0, 0.05) is 6.20 Å². The fourth-order valence-corrected chi connectivity index (χ4v) is 1.66. The van der Waals surface area contributed by atoms with Gasteiger partial charge >= 0.3 is 6.09 Å². The Morgan fingerprint density at radius 3 is 2.89 bits per heavy atom. The van der Waals surface area contributed by atoms with Gasteiger partial charge in [-0.05, 0) is 36.7 Å². The number of anilines is 1. The molecule has 0 aliphatic carbocycles. The number of halogens is 1. The molecule has 2 aromatic rings. The number of hydrogen-bond donors (Lipinski definition) is 2. The highest BCUT2D eigenvalue weighted by Crippen LogP contribution is 2.21. The third kappa shape index (κ3) is 2.98. The summed E-state index contributed by atoms with van der Waals surface area (Å²) in [5.74, 6) is 0. The number of aromatic amines is 1. The zero-order chi connectivity index (χ0) is 13.3. The van der Waals surface area contributed by atoms with E-state index in [4.69, 9.17) is 4.74 Å². The molecule has 6 nitrogen and oxygen atoms in total. The van der Waals surface area contributed by atoms with Crippen LogP contribution in [0.4, 0.5) is 10.5 Å². The van der Waals surface area contributed by atoms with Crippen molar-refractivity contribution < 1.29 is 9.53 Å². The Labute approximate surface area is 112 Å². The van der Waals surface area contributed by atoms with Gasteiger partial charge in [0.05, 0.1) is 11.9 Å². The van der Waals surface area contributed by atoms with E-state index in [0.29, 0.717) is 21.5 Å². The lowest BCUT2D eigenvalue weighted by atomic mass is 10.2. The average Bonchev–Trinajstić information content (AvgIpc) is 2.58. The highest BCUT2D eigenvalue weighted by atomic mass is 79.9. The molecule has 0 saturated carbocycles. The molecule has 2 N–H and O–H groups in total. The summed E-state index contributed by atoms with van der Waals surface area (Å²) in [6.45, 7) is 5.41. The third-order valence-corrected chi connectivity index (χ3v) is 2.37. The monoisotopic (exact) mass is 312 g/mol. The van der Waals surface area contributed by atoms with E-state index >= 15 is 0 Å². The largest absolute Gasteiger partial charge is 0.444 e. The zero-order valence-electron chi connectivity index (χ0n) is 10.2. The molecule has 2 heterocycles. The Morgan fingerprint density at radius 1 is 1.50 bits per heavy atom. The number of hydrogen-bond acceptors (Lipinski definition) is 4. The second kappa shape index (κ2) is 4.56. The molecular formula is C11H13BrN4O2. The second-order valence-corrected chi connectivity index (χ2v) is 5.53. The maximum Gasteiger partial charge on any atom is 0.412 e. The molecule has 7 heteroatoms. The van der Waals surface area contributed by atoms with Crippen LogP contribution in [0, 0.1) is 0 Å². The molecule has 0 aromatic carbocycles. The smallest absolute Gasteiger partial charge is 0.412 e. The van der Waals surface area contributed by atoms with Crippen LogP contribution in [-0.2, 0) is 4.74 Å². The highest BCUT2D eigenvalue weighted by Gasteiger charge is 2.17. The van der Waals surface area contributed by atoms with Crippen LogP contribution in [0.1, 0.15) is 20.8 Å². The van der Waals surface area contributed by atoms with Crippen molar-refractivity contribution in [3.8, 4) is 0 Å². The van der Waals surface area contributed by atoms with Crippen molar-refractivity contribution >= 4 is 38.9 Å². The lowest BCUT2D eigenvalue weighted by Crippen LogP contribution is -2.27. The van der Waals surface area contributed by atoms with Gasteiger partial charge in [0.1, 0.15) is 15.7 Å². The molecule has 2 aromatic heterocycles. The van der Waals surface area contributed by atoms with Crippen LogP contribution in [0.3, 0.4) is 0 Å². The number of rotatable bonds is 1. The number of amides is 1. The van der Waals surface area contributed by atoms with Crippen LogP contribution in [0.2, 0.25) is 0 Å². The van der Waals surface area contributed by atoms with Crippen molar-refractivity contribution in [1.82, 2.24) is 15.0 Å². The van der Waals surface area contributed by atoms with Crippen LogP contribution >= 0.6 is 15.9 Å². The maximum absolute atomic E-state index is 11.6. The van der Waals surface area contributed by atoms with Crippen molar-refractivity contribution in [1.29, 1.82) is 0 Å². The molecular weight excluding hydrogens is 300 g/mol. The van der Waals surface area contributed by atoms with Gasteiger partial charge in [0.25, 0.3) is 0 Å². The summed E-state index contributed by atoms with van der Waals surface area (Å²) < 4.78 is 5.77. The van der Waals surface area contributed by atoms with Gasteiger partial charge in [-0.2, -0.15) is 0 Å². The normalized spacial score (nSPS) is 11.6. The van der Waals surface area contributed by atoms with Crippen LogP contribution in [0.25, 0.3) is 11.2 Å². The Balaban J connectivity index is 2.22. The summed E-state index contributed by atoms with van der Waals surface area (Å²) in [7, 11) is 0. The van der Waals surface area contributed by atoms with Gasteiger partial charge in [-0.1, -0.05) is 0 Å². The summed E-state index contributed by atoms with van der Waals surface area (Å²) in [4.78, 5) is 22.9. The van der Waals surface area contributed by atoms with Gasteiger partial charge in [0.15, 0.2) is 5.65 Å². The first kappa shape index (κ1) is 12.8. The summed E-state index contributed by atoms with van der Waals surface area (Å²) in [5, 5.41) is 2.63. The van der Waals surface area contributed by atoms with E-state index in [9.17, 15) is 4.79 Å². The number of aromatic nitrogens is 3. The topological polar surface area (TPSA) is 79.9 Å². The van der Waals surface area contributed by atoms with Crippen LogP contribution < -0.4 is 5.32 Å². The molecule has 2 rings (SSSR count). The molecule has 0 radical (unpaired) electrons. The predicted octanol–water partition coefficient (Wildman–Crippen LogP) is 3.07. The molecule has 0 aliphatic heterocycles. The van der Waals surface area contributed by atoms with Crippen LogP contribution in [-0.4, -0.2) is 26.6 Å². The third-order valence-electron chi connectivity index (χ3n) is 1.99. The van der Waals surface area contributed by atoms with E-state index in [1.54, 1.807) is 33.2 Å². The number of ether oxygens (including phenoxy) is 1. The highest BCUT2D eigenvalue weighted by molar-refractivity contribution is 9.10. The minimum Gasteiger partial charge on any atom is -0.444 e. The van der Waals surface area contributed by atoms with E-state index in [1.807, 2.05) is 0 Å². The lowest BCUT2D eigenvalue weighted by Gasteiger charge is -2.19. The summed E-state index contributed by atoms with van der Waals surface area (Å²) in [6.07, 6.45) is 2.68. The number of fused-ring (bicyclic) bond motifs is 1. The summed E-state index contributed by atoms with van der Waals surface area (Å²) in [5.41, 5.74) is 1.18. The summed E-state index contributed by atoms with van der Waals surface area (Å²) in [6, 6.07) is 0. The van der Waals surface area contributed by atoms with Gasteiger partial charge in [-0.15, -0.1) is 0 Å². The van der Waals surface area contributed by atoms with Crippen molar-refractivity contribution in [2.45, 2.75) is 26.4 Å². The van der Waals surface area contributed by atoms with Crippen molar-refractivity contribution in [3.05, 3.63) is 17.0 Å². The predicted molar refractivity (Wildman–Crippen MR) is 71.4 cm³/mol. The Kier molecular flexibility index (Phi) is 3.25. The van der Waals surface area contributed by atoms with E-state index in [0.717, 1.165) is 0 Å². The molecule has 0 saturated heterocycles. The Bertz CT molecular complexity index is 588. The number of carbonyl (C=O) groups excluding carboxylic acids is 1. The van der Waals surface area contributed by atoms with Crippen LogP contribution in [0.5, 0.6) is 0 Å². The van der Waals surface area contributed by atoms with Gasteiger partial charge in [-0.25, -0.2) is 14.8 Å². The standard InChI is InChI=1S/C11H13BrN4O2/c1-11(2,3)18-10(17)15-6-4-13-9-8(6)16-7(12)5-14-9/h4-5H,1-3H3,(H,13,14)(H,15,17). The minimum absolute atomic E-state index is 0.523. The summed E-state index contributed by atoms with van der Waals surface area (Å²) >= 11 is 3.23. The van der Waals surface area contributed by atoms with E-state index in [2.05, 4.69) is 36.2 Å². The first-order valence-corrected chi connectivity index (χ1v) is 6.14. The van der Waals surface area contributed by atoms with E-state index in [1.165, 1.54) is 0 Å². The number of H-pyrrole nitrogens is 1. The number of carbonyl (C=O) groups is 1. The molecule has 0 atom stereocenters. The first-order valence-electron chi connectivity index (χ1n) is 5.35. The Hall–Kier alpha value is -1.63. The first-order chi connectivity index (χ1) is 8.35. The minimum atomic E-state index is -0.539. The molecule has 0 spiro atoms. The average molecular weight is 313 g/mol. The van der Waals surface area contributed by atoms with E-state index in [-0.39, 0.29) is 0 Å². The van der Waals surface area contributed by atoms with E-state index < -0.39 is 11.7 Å². The number of nitrogens with one attached hydrogen (secondary N) is 2. The zero-order valence-corrected chi connectivity index (χ0v) is 11.8. The van der Waals surface area contributed by atoms with Gasteiger partial charge < -0.3 is 9.72 Å². The lowest BCUT2D eigenvalue weighted by molar-refractivity contribution is 0.0636. The Morgan fingerprint density at radius 2 is 2.22 bits per heavy atom. The maximum atomic E-state index is 11.6. The van der Waals surface area contributed by atoms with Crippen molar-refractivity contribution in [3.63, 3.8) is 0 Å². The molecule has 0 aliphatic rings. The fourth-order valence-electron chi connectivity index (χ4n) is 1.38. The number of nitrogens with zero attached hydrogens (tertiary/aromatic N) is 2. The quantitative estimate of drug-likeness (QED) is 0.848. The molecule has 0 fully saturated rings. The molecule has 1 amide bonds. The molecule has 18 heavy (non-hydrogen) atoms. The SMILES string of the molecule is CC(C)(C)OC(=O)Nc1c[nH]c2ncc(Br)nc12.